The van der Waals surface area contributed by atoms with E-state index >= 15 is 0 Å². The molecular formula is C13H19NO4S. The number of sulfone groups is 1. The molecule has 0 saturated carbocycles. The van der Waals surface area contributed by atoms with Crippen molar-refractivity contribution in [1.82, 2.24) is 4.90 Å². The molecule has 0 fully saturated rings. The number of rotatable bonds is 6. The van der Waals surface area contributed by atoms with Crippen LogP contribution in [0.2, 0.25) is 0 Å². The molecule has 1 aromatic carbocycles. The van der Waals surface area contributed by atoms with E-state index in [1.807, 2.05) is 6.92 Å². The van der Waals surface area contributed by atoms with E-state index in [-0.39, 0.29) is 17.4 Å². The molecule has 0 aromatic heterocycles. The molecule has 0 bridgehead atoms. The van der Waals surface area contributed by atoms with Crippen LogP contribution in [0, 0.1) is 0 Å². The van der Waals surface area contributed by atoms with Gasteiger partial charge in [0, 0.05) is 31.5 Å². The van der Waals surface area contributed by atoms with E-state index < -0.39 is 9.84 Å². The van der Waals surface area contributed by atoms with Gasteiger partial charge in [0.2, 0.25) is 0 Å². The fraction of sp³-hybridized carbons (Fsp3) is 0.462. The Morgan fingerprint density at radius 1 is 1.37 bits per heavy atom. The van der Waals surface area contributed by atoms with Crippen LogP contribution in [0.25, 0.3) is 0 Å². The highest BCUT2D eigenvalue weighted by Gasteiger charge is 2.16. The summed E-state index contributed by atoms with van der Waals surface area (Å²) in [6.07, 6.45) is 1.62. The lowest BCUT2D eigenvalue weighted by Gasteiger charge is -2.20. The van der Waals surface area contributed by atoms with Crippen LogP contribution in [0.5, 0.6) is 0 Å². The summed E-state index contributed by atoms with van der Waals surface area (Å²) in [7, 11) is -3.32. The maximum Gasteiger partial charge on any atom is 0.253 e. The standard InChI is InChI=1S/C13H19NO4S/c1-3-14(8-5-9-15)13(16)11-6-4-7-12(10-11)19(2,17)18/h4,6-7,10,15H,3,5,8-9H2,1-2H3. The third kappa shape index (κ3) is 4.33. The minimum atomic E-state index is -3.32. The number of aliphatic hydroxyl groups is 1. The van der Waals surface area contributed by atoms with Crippen LogP contribution >= 0.6 is 0 Å². The first kappa shape index (κ1) is 15.7. The van der Waals surface area contributed by atoms with E-state index in [4.69, 9.17) is 5.11 Å². The third-order valence-corrected chi connectivity index (χ3v) is 3.87. The topological polar surface area (TPSA) is 74.7 Å². The number of nitrogens with zero attached hydrogens (tertiary/aromatic N) is 1. The van der Waals surface area contributed by atoms with Crippen molar-refractivity contribution in [3.8, 4) is 0 Å². The smallest absolute Gasteiger partial charge is 0.253 e. The minimum Gasteiger partial charge on any atom is -0.396 e. The maximum absolute atomic E-state index is 12.2. The van der Waals surface area contributed by atoms with Gasteiger partial charge >= 0.3 is 0 Å². The van der Waals surface area contributed by atoms with Gasteiger partial charge in [-0.3, -0.25) is 4.79 Å². The molecule has 0 heterocycles. The van der Waals surface area contributed by atoms with Gasteiger partial charge in [-0.25, -0.2) is 8.42 Å². The first-order valence-electron chi connectivity index (χ1n) is 6.10. The van der Waals surface area contributed by atoms with Gasteiger partial charge in [-0.05, 0) is 31.5 Å². The first-order chi connectivity index (χ1) is 8.90. The van der Waals surface area contributed by atoms with Crippen molar-refractivity contribution in [2.24, 2.45) is 0 Å². The third-order valence-electron chi connectivity index (χ3n) is 2.76. The molecule has 0 saturated heterocycles. The van der Waals surface area contributed by atoms with Gasteiger partial charge in [-0.2, -0.15) is 0 Å². The molecule has 0 unspecified atom stereocenters. The number of hydrogen-bond acceptors (Lipinski definition) is 4. The van der Waals surface area contributed by atoms with Crippen LogP contribution < -0.4 is 0 Å². The molecule has 5 nitrogen and oxygen atoms in total. The minimum absolute atomic E-state index is 0.0210. The Morgan fingerprint density at radius 2 is 2.05 bits per heavy atom. The molecule has 6 heteroatoms. The van der Waals surface area contributed by atoms with Crippen molar-refractivity contribution in [1.29, 1.82) is 0 Å². The molecule has 1 rings (SSSR count). The second kappa shape index (κ2) is 6.68. The Morgan fingerprint density at radius 3 is 2.58 bits per heavy atom. The van der Waals surface area contributed by atoms with Gasteiger partial charge in [-0.1, -0.05) is 6.07 Å². The van der Waals surface area contributed by atoms with Crippen LogP contribution in [0.3, 0.4) is 0 Å². The molecule has 0 aliphatic carbocycles. The molecular weight excluding hydrogens is 266 g/mol. The van der Waals surface area contributed by atoms with Crippen LogP contribution in [0.15, 0.2) is 29.2 Å². The molecule has 19 heavy (non-hydrogen) atoms. The number of carbonyl (C=O) groups is 1. The van der Waals surface area contributed by atoms with E-state index in [9.17, 15) is 13.2 Å². The van der Waals surface area contributed by atoms with Crippen molar-refractivity contribution < 1.29 is 18.3 Å². The van der Waals surface area contributed by atoms with Crippen molar-refractivity contribution in [2.45, 2.75) is 18.2 Å². The quantitative estimate of drug-likeness (QED) is 0.844. The van der Waals surface area contributed by atoms with Crippen LogP contribution in [-0.2, 0) is 9.84 Å². The number of hydrogen-bond donors (Lipinski definition) is 1. The Bertz CT molecular complexity index is 539. The molecule has 1 aromatic rings. The normalized spacial score (nSPS) is 11.3. The SMILES string of the molecule is CCN(CCCO)C(=O)c1cccc(S(C)(=O)=O)c1. The molecule has 0 radical (unpaired) electrons. The van der Waals surface area contributed by atoms with Crippen LogP contribution in [-0.4, -0.2) is 50.3 Å². The molecule has 106 valence electrons. The summed E-state index contributed by atoms with van der Waals surface area (Å²) in [6.45, 7) is 2.83. The van der Waals surface area contributed by atoms with Crippen LogP contribution in [0.1, 0.15) is 23.7 Å². The second-order valence-electron chi connectivity index (χ2n) is 4.26. The summed E-state index contributed by atoms with van der Waals surface area (Å²) < 4.78 is 22.9. The summed E-state index contributed by atoms with van der Waals surface area (Å²) in [5, 5.41) is 8.80. The highest BCUT2D eigenvalue weighted by Crippen LogP contribution is 2.13. The fourth-order valence-electron chi connectivity index (χ4n) is 1.71. The lowest BCUT2D eigenvalue weighted by Crippen LogP contribution is -2.32. The Balaban J connectivity index is 2.99. The highest BCUT2D eigenvalue weighted by molar-refractivity contribution is 7.90. The van der Waals surface area contributed by atoms with E-state index in [1.54, 1.807) is 17.0 Å². The summed E-state index contributed by atoms with van der Waals surface area (Å²) in [4.78, 5) is 13.9. The van der Waals surface area contributed by atoms with E-state index in [0.29, 0.717) is 25.1 Å². The summed E-state index contributed by atoms with van der Waals surface area (Å²) in [5.41, 5.74) is 0.350. The molecule has 0 aliphatic heterocycles. The zero-order chi connectivity index (χ0) is 14.5. The summed E-state index contributed by atoms with van der Waals surface area (Å²) in [5.74, 6) is -0.221. The van der Waals surface area contributed by atoms with Crippen molar-refractivity contribution >= 4 is 15.7 Å². The lowest BCUT2D eigenvalue weighted by molar-refractivity contribution is 0.0754. The Labute approximate surface area is 113 Å². The zero-order valence-electron chi connectivity index (χ0n) is 11.2. The zero-order valence-corrected chi connectivity index (χ0v) is 12.0. The fourth-order valence-corrected chi connectivity index (χ4v) is 2.37. The average Bonchev–Trinajstić information content (AvgIpc) is 2.38. The number of carbonyl (C=O) groups excluding carboxylic acids is 1. The average molecular weight is 285 g/mol. The highest BCUT2D eigenvalue weighted by atomic mass is 32.2. The maximum atomic E-state index is 12.2. The Kier molecular flexibility index (Phi) is 5.50. The number of aliphatic hydroxyl groups excluding tert-OH is 1. The molecule has 0 aliphatic rings. The van der Waals surface area contributed by atoms with Crippen molar-refractivity contribution in [3.63, 3.8) is 0 Å². The van der Waals surface area contributed by atoms with E-state index in [0.717, 1.165) is 6.26 Å². The van der Waals surface area contributed by atoms with Gasteiger partial charge in [0.05, 0.1) is 4.90 Å². The first-order valence-corrected chi connectivity index (χ1v) is 7.99. The van der Waals surface area contributed by atoms with Crippen molar-refractivity contribution in [3.05, 3.63) is 29.8 Å². The summed E-state index contributed by atoms with van der Waals surface area (Å²) >= 11 is 0. The van der Waals surface area contributed by atoms with Crippen molar-refractivity contribution in [2.75, 3.05) is 26.0 Å². The largest absolute Gasteiger partial charge is 0.396 e. The molecule has 0 atom stereocenters. The van der Waals surface area contributed by atoms with Gasteiger partial charge in [0.25, 0.3) is 5.91 Å². The van der Waals surface area contributed by atoms with E-state index in [2.05, 4.69) is 0 Å². The molecule has 1 amide bonds. The summed E-state index contributed by atoms with van der Waals surface area (Å²) in [6, 6.07) is 6.01. The van der Waals surface area contributed by atoms with Gasteiger partial charge in [0.15, 0.2) is 9.84 Å². The number of benzene rings is 1. The van der Waals surface area contributed by atoms with Crippen LogP contribution in [0.4, 0.5) is 0 Å². The Hall–Kier alpha value is -1.40. The monoisotopic (exact) mass is 285 g/mol. The molecule has 0 spiro atoms. The van der Waals surface area contributed by atoms with Gasteiger partial charge in [0.1, 0.15) is 0 Å². The predicted molar refractivity (Wildman–Crippen MR) is 72.8 cm³/mol. The van der Waals surface area contributed by atoms with Gasteiger partial charge < -0.3 is 10.0 Å². The predicted octanol–water partition coefficient (Wildman–Crippen LogP) is 0.935. The second-order valence-corrected chi connectivity index (χ2v) is 6.28. The van der Waals surface area contributed by atoms with E-state index in [1.165, 1.54) is 12.1 Å². The van der Waals surface area contributed by atoms with Gasteiger partial charge in [-0.15, -0.1) is 0 Å². The number of amides is 1. The molecule has 1 N–H and O–H groups in total. The lowest BCUT2D eigenvalue weighted by atomic mass is 10.2.